The van der Waals surface area contributed by atoms with Gasteiger partial charge in [0.05, 0.1) is 31.8 Å². The molecule has 1 N–H and O–H groups in total. The van der Waals surface area contributed by atoms with E-state index in [2.05, 4.69) is 0 Å². The van der Waals surface area contributed by atoms with Crippen LogP contribution in [0.25, 0.3) is 0 Å². The summed E-state index contributed by atoms with van der Waals surface area (Å²) in [5, 5.41) is 9.02. The molecule has 1 aromatic rings. The second-order valence-electron chi connectivity index (χ2n) is 6.31. The van der Waals surface area contributed by atoms with Crippen molar-refractivity contribution in [2.45, 2.75) is 26.6 Å². The summed E-state index contributed by atoms with van der Waals surface area (Å²) in [7, 11) is 0. The summed E-state index contributed by atoms with van der Waals surface area (Å²) < 4.78 is 10.8. The number of amides is 1. The average Bonchev–Trinajstić information content (AvgIpc) is 2.55. The molecule has 126 valence electrons. The quantitative estimate of drug-likeness (QED) is 0.860. The highest BCUT2D eigenvalue weighted by Gasteiger charge is 2.36. The number of benzene rings is 1. The lowest BCUT2D eigenvalue weighted by atomic mass is 9.92. The average molecular weight is 321 g/mol. The predicted octanol–water partition coefficient (Wildman–Crippen LogP) is 1.54. The predicted molar refractivity (Wildman–Crippen MR) is 83.8 cm³/mol. The number of carboxylic acid groups (broad SMARTS) is 1. The van der Waals surface area contributed by atoms with E-state index in [9.17, 15) is 9.59 Å². The lowest BCUT2D eigenvalue weighted by Crippen LogP contribution is -2.53. The van der Waals surface area contributed by atoms with Gasteiger partial charge < -0.3 is 19.5 Å². The molecule has 1 aromatic carbocycles. The molecule has 1 heterocycles. The van der Waals surface area contributed by atoms with Crippen LogP contribution in [0.1, 0.15) is 19.4 Å². The molecule has 0 saturated carbocycles. The molecule has 2 rings (SSSR count). The van der Waals surface area contributed by atoms with Gasteiger partial charge in [-0.05, 0) is 19.4 Å². The summed E-state index contributed by atoms with van der Waals surface area (Å²) in [6, 6.07) is 9.75. The number of rotatable bonds is 6. The summed E-state index contributed by atoms with van der Waals surface area (Å²) in [6.45, 7) is 5.07. The van der Waals surface area contributed by atoms with Gasteiger partial charge in [0.1, 0.15) is 0 Å². The summed E-state index contributed by atoms with van der Waals surface area (Å²) in [5.74, 6) is -1.15. The molecule has 1 unspecified atom stereocenters. The molecule has 1 amide bonds. The van der Waals surface area contributed by atoms with Crippen molar-refractivity contribution < 1.29 is 24.2 Å². The van der Waals surface area contributed by atoms with Crippen molar-refractivity contribution in [3.63, 3.8) is 0 Å². The van der Waals surface area contributed by atoms with Gasteiger partial charge in [0, 0.05) is 6.54 Å². The number of carbonyl (C=O) groups excluding carboxylic acids is 1. The lowest BCUT2D eigenvalue weighted by molar-refractivity contribution is -0.163. The lowest BCUT2D eigenvalue weighted by Gasteiger charge is -2.36. The molecule has 6 nitrogen and oxygen atoms in total. The smallest absolute Gasteiger partial charge is 0.334 e. The number of carboxylic acids is 1. The number of nitrogens with zero attached hydrogens (tertiary/aromatic N) is 1. The largest absolute Gasteiger partial charge is 0.479 e. The van der Waals surface area contributed by atoms with E-state index >= 15 is 0 Å². The Hall–Kier alpha value is -1.92. The minimum atomic E-state index is -1.04. The highest BCUT2D eigenvalue weighted by Crippen LogP contribution is 2.22. The van der Waals surface area contributed by atoms with Gasteiger partial charge in [0.2, 0.25) is 5.91 Å². The molecule has 1 fully saturated rings. The van der Waals surface area contributed by atoms with Gasteiger partial charge in [0.15, 0.2) is 6.10 Å². The summed E-state index contributed by atoms with van der Waals surface area (Å²) in [6.07, 6.45) is -0.950. The third kappa shape index (κ3) is 4.77. The normalized spacial score (nSPS) is 18.7. The first-order valence-corrected chi connectivity index (χ1v) is 7.65. The van der Waals surface area contributed by atoms with Crippen LogP contribution in [0.15, 0.2) is 30.3 Å². The molecule has 0 aliphatic carbocycles. The molecule has 6 heteroatoms. The highest BCUT2D eigenvalue weighted by atomic mass is 16.5. The van der Waals surface area contributed by atoms with Crippen LogP contribution >= 0.6 is 0 Å². The van der Waals surface area contributed by atoms with Crippen LogP contribution in [0.3, 0.4) is 0 Å². The molecular formula is C17H23NO5. The van der Waals surface area contributed by atoms with Gasteiger partial charge in [0.25, 0.3) is 0 Å². The minimum absolute atomic E-state index is 0.0796. The molecule has 1 aliphatic heterocycles. The van der Waals surface area contributed by atoms with Crippen molar-refractivity contribution >= 4 is 11.9 Å². The number of hydrogen-bond acceptors (Lipinski definition) is 4. The fourth-order valence-electron chi connectivity index (χ4n) is 2.47. The Kier molecular flexibility index (Phi) is 5.74. The maximum Gasteiger partial charge on any atom is 0.334 e. The molecule has 0 spiro atoms. The van der Waals surface area contributed by atoms with Gasteiger partial charge >= 0.3 is 5.97 Å². The maximum atomic E-state index is 12.6. The van der Waals surface area contributed by atoms with Gasteiger partial charge in [-0.25, -0.2) is 4.79 Å². The van der Waals surface area contributed by atoms with Crippen molar-refractivity contribution in [2.75, 3.05) is 26.3 Å². The molecule has 1 atom stereocenters. The zero-order valence-electron chi connectivity index (χ0n) is 13.5. The van der Waals surface area contributed by atoms with Crippen molar-refractivity contribution in [3.8, 4) is 0 Å². The molecule has 1 aliphatic rings. The van der Waals surface area contributed by atoms with Gasteiger partial charge in [-0.3, -0.25) is 4.79 Å². The van der Waals surface area contributed by atoms with Gasteiger partial charge in [-0.1, -0.05) is 30.3 Å². The SMILES string of the molecule is CC(C)(COCc1ccccc1)C(=O)N1CCOC(C(=O)O)C1. The summed E-state index contributed by atoms with van der Waals surface area (Å²) in [5.41, 5.74) is 0.336. The van der Waals surface area contributed by atoms with Crippen LogP contribution in [0, 0.1) is 5.41 Å². The fraction of sp³-hybridized carbons (Fsp3) is 0.529. The fourth-order valence-corrected chi connectivity index (χ4v) is 2.47. The maximum absolute atomic E-state index is 12.6. The zero-order chi connectivity index (χ0) is 16.9. The number of ether oxygens (including phenoxy) is 2. The number of morpholine rings is 1. The van der Waals surface area contributed by atoms with E-state index in [1.165, 1.54) is 0 Å². The van der Waals surface area contributed by atoms with Crippen LogP contribution in [-0.2, 0) is 25.7 Å². The van der Waals surface area contributed by atoms with Crippen LogP contribution < -0.4 is 0 Å². The topological polar surface area (TPSA) is 76.1 Å². The van der Waals surface area contributed by atoms with E-state index in [1.807, 2.05) is 44.2 Å². The Labute approximate surface area is 136 Å². The molecular weight excluding hydrogens is 298 g/mol. The number of hydrogen-bond donors (Lipinski definition) is 1. The molecule has 0 bridgehead atoms. The Morgan fingerprint density at radius 1 is 1.35 bits per heavy atom. The second-order valence-corrected chi connectivity index (χ2v) is 6.31. The first-order valence-electron chi connectivity index (χ1n) is 7.65. The first kappa shape index (κ1) is 17.4. The third-order valence-corrected chi connectivity index (χ3v) is 3.78. The Balaban J connectivity index is 1.87. The molecule has 1 saturated heterocycles. The van der Waals surface area contributed by atoms with E-state index in [1.54, 1.807) is 4.90 Å². The molecule has 0 aromatic heterocycles. The van der Waals surface area contributed by atoms with E-state index in [0.29, 0.717) is 13.2 Å². The second kappa shape index (κ2) is 7.57. The van der Waals surface area contributed by atoms with Gasteiger partial charge in [-0.2, -0.15) is 0 Å². The van der Waals surface area contributed by atoms with Crippen molar-refractivity contribution in [1.82, 2.24) is 4.90 Å². The summed E-state index contributed by atoms with van der Waals surface area (Å²) >= 11 is 0. The van der Waals surface area contributed by atoms with Crippen LogP contribution in [-0.4, -0.2) is 54.3 Å². The zero-order valence-corrected chi connectivity index (χ0v) is 13.5. The Morgan fingerprint density at radius 2 is 2.04 bits per heavy atom. The van der Waals surface area contributed by atoms with Crippen LogP contribution in [0.5, 0.6) is 0 Å². The highest BCUT2D eigenvalue weighted by molar-refractivity contribution is 5.83. The van der Waals surface area contributed by atoms with E-state index in [-0.39, 0.29) is 25.7 Å². The third-order valence-electron chi connectivity index (χ3n) is 3.78. The van der Waals surface area contributed by atoms with Crippen molar-refractivity contribution in [1.29, 1.82) is 0 Å². The van der Waals surface area contributed by atoms with Crippen molar-refractivity contribution in [3.05, 3.63) is 35.9 Å². The summed E-state index contributed by atoms with van der Waals surface area (Å²) in [4.78, 5) is 25.2. The molecule has 0 radical (unpaired) electrons. The Bertz CT molecular complexity index is 543. The molecule has 23 heavy (non-hydrogen) atoms. The van der Waals surface area contributed by atoms with E-state index in [4.69, 9.17) is 14.6 Å². The van der Waals surface area contributed by atoms with Crippen molar-refractivity contribution in [2.24, 2.45) is 5.41 Å². The minimum Gasteiger partial charge on any atom is -0.479 e. The number of carbonyl (C=O) groups is 2. The standard InChI is InChI=1S/C17H23NO5/c1-17(2,12-22-11-13-6-4-3-5-7-13)16(21)18-8-9-23-14(10-18)15(19)20/h3-7,14H,8-12H2,1-2H3,(H,19,20). The monoisotopic (exact) mass is 321 g/mol. The van der Waals surface area contributed by atoms with Gasteiger partial charge in [-0.15, -0.1) is 0 Å². The number of aliphatic carboxylic acids is 1. The van der Waals surface area contributed by atoms with E-state index in [0.717, 1.165) is 5.56 Å². The van der Waals surface area contributed by atoms with Crippen LogP contribution in [0.4, 0.5) is 0 Å². The first-order chi connectivity index (χ1) is 10.9. The Morgan fingerprint density at radius 3 is 2.70 bits per heavy atom. The van der Waals surface area contributed by atoms with Crippen LogP contribution in [0.2, 0.25) is 0 Å². The van der Waals surface area contributed by atoms with E-state index < -0.39 is 17.5 Å².